The number of hydrogen-bond acceptors (Lipinski definition) is 4. The second-order valence-electron chi connectivity index (χ2n) is 4.95. The quantitative estimate of drug-likeness (QED) is 0.599. The third-order valence-corrected chi connectivity index (χ3v) is 4.44. The van der Waals surface area contributed by atoms with E-state index in [1.165, 1.54) is 12.8 Å². The summed E-state index contributed by atoms with van der Waals surface area (Å²) in [5, 5.41) is 2.84. The van der Waals surface area contributed by atoms with Crippen molar-refractivity contribution in [3.63, 3.8) is 0 Å². The molecule has 110 valence electrons. The zero-order valence-electron chi connectivity index (χ0n) is 11.6. The summed E-state index contributed by atoms with van der Waals surface area (Å²) in [5.74, 6) is 2.07. The van der Waals surface area contributed by atoms with E-state index in [4.69, 9.17) is 10.5 Å². The molecule has 2 rings (SSSR count). The van der Waals surface area contributed by atoms with Gasteiger partial charge < -0.3 is 15.8 Å². The average Bonchev–Trinajstić information content (AvgIpc) is 2.94. The molecule has 0 bridgehead atoms. The van der Waals surface area contributed by atoms with Gasteiger partial charge in [-0.1, -0.05) is 12.1 Å². The number of amides is 1. The Hall–Kier alpha value is -1.20. The van der Waals surface area contributed by atoms with Crippen molar-refractivity contribution in [3.05, 3.63) is 24.3 Å². The van der Waals surface area contributed by atoms with E-state index >= 15 is 0 Å². The Kier molecular flexibility index (Phi) is 6.21. The lowest BCUT2D eigenvalue weighted by Crippen LogP contribution is -2.13. The molecule has 1 heterocycles. The van der Waals surface area contributed by atoms with Crippen LogP contribution in [0.15, 0.2) is 24.3 Å². The molecule has 3 N–H and O–H groups in total. The topological polar surface area (TPSA) is 64.3 Å². The molecule has 5 heteroatoms. The van der Waals surface area contributed by atoms with Gasteiger partial charge in [0.05, 0.1) is 17.5 Å². The van der Waals surface area contributed by atoms with E-state index in [2.05, 4.69) is 5.32 Å². The van der Waals surface area contributed by atoms with Crippen LogP contribution >= 0.6 is 11.8 Å². The number of para-hydroxylation sites is 2. The fourth-order valence-electron chi connectivity index (χ4n) is 2.15. The molecule has 1 aromatic carbocycles. The van der Waals surface area contributed by atoms with E-state index in [0.29, 0.717) is 23.9 Å². The molecule has 1 aliphatic heterocycles. The second-order valence-corrected chi connectivity index (χ2v) is 6.10. The van der Waals surface area contributed by atoms with Gasteiger partial charge in [0, 0.05) is 18.8 Å². The van der Waals surface area contributed by atoms with Crippen molar-refractivity contribution < 1.29 is 9.53 Å². The van der Waals surface area contributed by atoms with Gasteiger partial charge >= 0.3 is 0 Å². The normalized spacial score (nSPS) is 18.1. The number of ether oxygens (including phenoxy) is 1. The number of carbonyl (C=O) groups is 1. The van der Waals surface area contributed by atoms with Gasteiger partial charge in [-0.05, 0) is 37.1 Å². The molecule has 1 aromatic rings. The summed E-state index contributed by atoms with van der Waals surface area (Å²) in [6.07, 6.45) is 4.22. The highest BCUT2D eigenvalue weighted by Crippen LogP contribution is 2.19. The maximum atomic E-state index is 11.8. The Morgan fingerprint density at radius 2 is 2.30 bits per heavy atom. The van der Waals surface area contributed by atoms with Gasteiger partial charge in [0.2, 0.25) is 5.91 Å². The number of nitrogens with two attached hydrogens (primary N) is 1. The Morgan fingerprint density at radius 3 is 3.05 bits per heavy atom. The van der Waals surface area contributed by atoms with Gasteiger partial charge in [-0.25, -0.2) is 0 Å². The van der Waals surface area contributed by atoms with Crippen LogP contribution < -0.4 is 11.1 Å². The summed E-state index contributed by atoms with van der Waals surface area (Å²) in [6, 6.07) is 7.32. The number of carbonyl (C=O) groups excluding carboxylic acids is 1. The largest absolute Gasteiger partial charge is 0.397 e. The lowest BCUT2D eigenvalue weighted by atomic mass is 10.2. The Morgan fingerprint density at radius 1 is 1.45 bits per heavy atom. The first kappa shape index (κ1) is 15.2. The Balaban J connectivity index is 1.57. The van der Waals surface area contributed by atoms with Gasteiger partial charge in [0.15, 0.2) is 0 Å². The molecule has 20 heavy (non-hydrogen) atoms. The van der Waals surface area contributed by atoms with E-state index < -0.39 is 0 Å². The van der Waals surface area contributed by atoms with Crippen LogP contribution in [0, 0.1) is 0 Å². The number of rotatable bonds is 7. The number of thioether (sulfide) groups is 1. The summed E-state index contributed by atoms with van der Waals surface area (Å²) in [6.45, 7) is 0.909. The highest BCUT2D eigenvalue weighted by Gasteiger charge is 2.14. The predicted molar refractivity (Wildman–Crippen MR) is 85.0 cm³/mol. The molecule has 1 saturated heterocycles. The molecule has 0 radical (unpaired) electrons. The first-order valence-corrected chi connectivity index (χ1v) is 8.25. The van der Waals surface area contributed by atoms with Crippen molar-refractivity contribution in [2.24, 2.45) is 0 Å². The van der Waals surface area contributed by atoms with Crippen LogP contribution in [0.3, 0.4) is 0 Å². The third-order valence-electron chi connectivity index (χ3n) is 3.26. The van der Waals surface area contributed by atoms with Gasteiger partial charge in [0.1, 0.15) is 0 Å². The van der Waals surface area contributed by atoms with Crippen LogP contribution in [0.1, 0.15) is 25.7 Å². The molecule has 1 aliphatic rings. The maximum Gasteiger partial charge on any atom is 0.224 e. The van der Waals surface area contributed by atoms with Crippen LogP contribution in [0.25, 0.3) is 0 Å². The number of benzene rings is 1. The van der Waals surface area contributed by atoms with Crippen LogP contribution in [0.2, 0.25) is 0 Å². The Bertz CT molecular complexity index is 434. The molecule has 0 aromatic heterocycles. The molecule has 4 nitrogen and oxygen atoms in total. The molecule has 1 fully saturated rings. The minimum absolute atomic E-state index is 0.0283. The molecular formula is C15H22N2O2S. The first-order valence-electron chi connectivity index (χ1n) is 7.09. The van der Waals surface area contributed by atoms with Gasteiger partial charge in [-0.2, -0.15) is 11.8 Å². The summed E-state index contributed by atoms with van der Waals surface area (Å²) >= 11 is 1.87. The molecule has 1 atom stereocenters. The zero-order chi connectivity index (χ0) is 14.2. The van der Waals surface area contributed by atoms with Crippen LogP contribution in [0.5, 0.6) is 0 Å². The number of nitrogens with one attached hydrogen (secondary N) is 1. The smallest absolute Gasteiger partial charge is 0.224 e. The monoisotopic (exact) mass is 294 g/mol. The third kappa shape index (κ3) is 5.06. The first-order chi connectivity index (χ1) is 9.75. The summed E-state index contributed by atoms with van der Waals surface area (Å²) in [4.78, 5) is 11.8. The molecule has 0 spiro atoms. The molecule has 0 aliphatic carbocycles. The van der Waals surface area contributed by atoms with E-state index in [0.717, 1.165) is 24.5 Å². The van der Waals surface area contributed by atoms with Crippen molar-refractivity contribution in [1.29, 1.82) is 0 Å². The molecule has 1 amide bonds. The number of hydrogen-bond donors (Lipinski definition) is 2. The highest BCUT2D eigenvalue weighted by molar-refractivity contribution is 7.99. The molecule has 0 saturated carbocycles. The SMILES string of the molecule is Nc1ccccc1NC(=O)CCCSCC1CCCO1. The number of anilines is 2. The summed E-state index contributed by atoms with van der Waals surface area (Å²) in [5.41, 5.74) is 7.09. The summed E-state index contributed by atoms with van der Waals surface area (Å²) < 4.78 is 5.56. The van der Waals surface area contributed by atoms with E-state index in [9.17, 15) is 4.79 Å². The van der Waals surface area contributed by atoms with Gasteiger partial charge in [0.25, 0.3) is 0 Å². The molecule has 1 unspecified atom stereocenters. The van der Waals surface area contributed by atoms with E-state index in [1.807, 2.05) is 30.0 Å². The van der Waals surface area contributed by atoms with Crippen LogP contribution in [-0.2, 0) is 9.53 Å². The lowest BCUT2D eigenvalue weighted by Gasteiger charge is -2.09. The minimum atomic E-state index is 0.0283. The molecular weight excluding hydrogens is 272 g/mol. The Labute approximate surface area is 124 Å². The van der Waals surface area contributed by atoms with Crippen LogP contribution in [0.4, 0.5) is 11.4 Å². The zero-order valence-corrected chi connectivity index (χ0v) is 12.5. The second kappa shape index (κ2) is 8.17. The van der Waals surface area contributed by atoms with Crippen molar-refractivity contribution in [2.75, 3.05) is 29.2 Å². The number of nitrogen functional groups attached to an aromatic ring is 1. The fourth-order valence-corrected chi connectivity index (χ4v) is 3.19. The standard InChI is InChI=1S/C15H22N2O2S/c16-13-6-1-2-7-14(13)17-15(18)8-4-10-20-11-12-5-3-9-19-12/h1-2,6-7,12H,3-5,8-11,16H2,(H,17,18). The highest BCUT2D eigenvalue weighted by atomic mass is 32.2. The van der Waals surface area contributed by atoms with Crippen molar-refractivity contribution in [2.45, 2.75) is 31.8 Å². The van der Waals surface area contributed by atoms with E-state index in [1.54, 1.807) is 6.07 Å². The van der Waals surface area contributed by atoms with Gasteiger partial charge in [-0.3, -0.25) is 4.79 Å². The fraction of sp³-hybridized carbons (Fsp3) is 0.533. The van der Waals surface area contributed by atoms with Crippen molar-refractivity contribution >= 4 is 29.0 Å². The minimum Gasteiger partial charge on any atom is -0.397 e. The summed E-state index contributed by atoms with van der Waals surface area (Å²) in [7, 11) is 0. The average molecular weight is 294 g/mol. The van der Waals surface area contributed by atoms with Crippen molar-refractivity contribution in [1.82, 2.24) is 0 Å². The van der Waals surface area contributed by atoms with Crippen LogP contribution in [-0.4, -0.2) is 30.1 Å². The predicted octanol–water partition coefficient (Wildman–Crippen LogP) is 2.90. The maximum absolute atomic E-state index is 11.8. The van der Waals surface area contributed by atoms with Gasteiger partial charge in [-0.15, -0.1) is 0 Å². The lowest BCUT2D eigenvalue weighted by molar-refractivity contribution is -0.116. The van der Waals surface area contributed by atoms with Crippen molar-refractivity contribution in [3.8, 4) is 0 Å². The van der Waals surface area contributed by atoms with E-state index in [-0.39, 0.29) is 5.91 Å².